The van der Waals surface area contributed by atoms with Crippen LogP contribution in [-0.4, -0.2) is 5.11 Å². The molecule has 3 aliphatic rings. The molecule has 2 saturated carbocycles. The molecule has 1 N–H and O–H groups in total. The average molecular weight is 443 g/mol. The SMILES string of the molecule is C=CCCCC1CCC(C2CCC(C3CC=C(c4ccc(O)c(F)c4F)CC3)CC2)CC1. The van der Waals surface area contributed by atoms with Gasteiger partial charge in [-0.05, 0) is 118 Å². The Balaban J connectivity index is 1.23. The van der Waals surface area contributed by atoms with Crippen molar-refractivity contribution in [2.24, 2.45) is 29.6 Å². The molecule has 3 aliphatic carbocycles. The highest BCUT2D eigenvalue weighted by Crippen LogP contribution is 2.46. The summed E-state index contributed by atoms with van der Waals surface area (Å²) in [5.74, 6) is 1.67. The third-order valence-electron chi connectivity index (χ3n) is 8.92. The molecule has 3 heteroatoms. The van der Waals surface area contributed by atoms with Crippen LogP contribution in [0.1, 0.15) is 95.5 Å². The van der Waals surface area contributed by atoms with Crippen LogP contribution in [0.25, 0.3) is 5.57 Å². The number of aromatic hydroxyl groups is 1. The number of benzene rings is 1. The molecule has 1 aromatic carbocycles. The van der Waals surface area contributed by atoms with E-state index in [9.17, 15) is 13.9 Å². The fourth-order valence-corrected chi connectivity index (χ4v) is 6.90. The van der Waals surface area contributed by atoms with E-state index in [2.05, 4.69) is 18.7 Å². The molecule has 176 valence electrons. The minimum absolute atomic E-state index is 0.322. The molecule has 0 aliphatic heterocycles. The van der Waals surface area contributed by atoms with E-state index in [1.165, 1.54) is 82.8 Å². The van der Waals surface area contributed by atoms with Crippen LogP contribution in [-0.2, 0) is 0 Å². The first-order chi connectivity index (χ1) is 15.6. The van der Waals surface area contributed by atoms with Crippen molar-refractivity contribution in [1.29, 1.82) is 0 Å². The maximum Gasteiger partial charge on any atom is 0.200 e. The number of rotatable bonds is 7. The van der Waals surface area contributed by atoms with Crippen molar-refractivity contribution >= 4 is 5.57 Å². The highest BCUT2D eigenvalue weighted by molar-refractivity contribution is 5.67. The monoisotopic (exact) mass is 442 g/mol. The van der Waals surface area contributed by atoms with E-state index in [0.717, 1.165) is 48.5 Å². The molecule has 0 bridgehead atoms. The fraction of sp³-hybridized carbons (Fsp3) is 0.655. The quantitative estimate of drug-likeness (QED) is 0.330. The van der Waals surface area contributed by atoms with E-state index in [1.807, 2.05) is 0 Å². The predicted molar refractivity (Wildman–Crippen MR) is 128 cm³/mol. The van der Waals surface area contributed by atoms with Gasteiger partial charge in [0.05, 0.1) is 0 Å². The summed E-state index contributed by atoms with van der Waals surface area (Å²) in [7, 11) is 0. The summed E-state index contributed by atoms with van der Waals surface area (Å²) < 4.78 is 28.0. The lowest BCUT2D eigenvalue weighted by Crippen LogP contribution is -2.28. The number of halogens is 2. The van der Waals surface area contributed by atoms with Gasteiger partial charge in [-0.3, -0.25) is 0 Å². The molecule has 1 nitrogen and oxygen atoms in total. The first-order valence-corrected chi connectivity index (χ1v) is 13.0. The van der Waals surface area contributed by atoms with Crippen LogP contribution in [0.4, 0.5) is 8.78 Å². The van der Waals surface area contributed by atoms with Gasteiger partial charge >= 0.3 is 0 Å². The molecule has 1 unspecified atom stereocenters. The second-order valence-electron chi connectivity index (χ2n) is 10.7. The molecule has 1 atom stereocenters. The number of phenols is 1. The summed E-state index contributed by atoms with van der Waals surface area (Å²) in [6.07, 6.45) is 22.1. The van der Waals surface area contributed by atoms with Gasteiger partial charge in [0, 0.05) is 5.56 Å². The Morgan fingerprint density at radius 2 is 1.47 bits per heavy atom. The molecular formula is C29H40F2O. The van der Waals surface area contributed by atoms with Crippen LogP contribution in [0.3, 0.4) is 0 Å². The lowest BCUT2D eigenvalue weighted by molar-refractivity contribution is 0.120. The van der Waals surface area contributed by atoms with Gasteiger partial charge < -0.3 is 5.11 Å². The van der Waals surface area contributed by atoms with Gasteiger partial charge in [-0.1, -0.05) is 31.4 Å². The number of allylic oxidation sites excluding steroid dienone is 3. The lowest BCUT2D eigenvalue weighted by Gasteiger charge is -2.40. The summed E-state index contributed by atoms with van der Waals surface area (Å²) in [5, 5.41) is 9.37. The highest BCUT2D eigenvalue weighted by Gasteiger charge is 2.34. The van der Waals surface area contributed by atoms with E-state index in [-0.39, 0.29) is 0 Å². The molecule has 2 fully saturated rings. The van der Waals surface area contributed by atoms with Gasteiger partial charge in [0.1, 0.15) is 0 Å². The van der Waals surface area contributed by atoms with Crippen molar-refractivity contribution < 1.29 is 13.9 Å². The Kier molecular flexibility index (Phi) is 8.07. The third-order valence-corrected chi connectivity index (χ3v) is 8.92. The molecule has 0 heterocycles. The van der Waals surface area contributed by atoms with Gasteiger partial charge in [-0.25, -0.2) is 4.39 Å². The fourth-order valence-electron chi connectivity index (χ4n) is 6.90. The van der Waals surface area contributed by atoms with Crippen molar-refractivity contribution in [2.45, 2.75) is 89.9 Å². The first kappa shape index (κ1) is 23.5. The van der Waals surface area contributed by atoms with Crippen molar-refractivity contribution in [2.75, 3.05) is 0 Å². The third kappa shape index (κ3) is 5.46. The van der Waals surface area contributed by atoms with E-state index in [4.69, 9.17) is 0 Å². The molecule has 0 saturated heterocycles. The van der Waals surface area contributed by atoms with Crippen LogP contribution in [0.15, 0.2) is 30.9 Å². The second-order valence-corrected chi connectivity index (χ2v) is 10.7. The molecule has 4 rings (SSSR count). The molecule has 1 aromatic rings. The molecule has 0 radical (unpaired) electrons. The van der Waals surface area contributed by atoms with Gasteiger partial charge in [-0.15, -0.1) is 6.58 Å². The summed E-state index contributed by atoms with van der Waals surface area (Å²) in [4.78, 5) is 0. The minimum Gasteiger partial charge on any atom is -0.505 e. The Bertz CT molecular complexity index is 798. The van der Waals surface area contributed by atoms with E-state index >= 15 is 0 Å². The zero-order valence-electron chi connectivity index (χ0n) is 19.5. The van der Waals surface area contributed by atoms with Crippen molar-refractivity contribution in [3.8, 4) is 5.75 Å². The molecule has 0 aromatic heterocycles. The van der Waals surface area contributed by atoms with Crippen molar-refractivity contribution in [3.63, 3.8) is 0 Å². The Morgan fingerprint density at radius 3 is 2.06 bits per heavy atom. The smallest absolute Gasteiger partial charge is 0.200 e. The number of hydrogen-bond acceptors (Lipinski definition) is 1. The summed E-state index contributed by atoms with van der Waals surface area (Å²) in [6.45, 7) is 3.84. The zero-order valence-corrected chi connectivity index (χ0v) is 19.5. The zero-order chi connectivity index (χ0) is 22.5. The standard InChI is InChI=1S/C29H40F2O/c1-2-3-4-5-20-6-8-21(9-7-20)22-10-12-23(13-11-22)24-14-16-25(17-15-24)26-18-19-27(32)29(31)28(26)30/h2,16,18-24,32H,1,3-15,17H2. The number of unbranched alkanes of at least 4 members (excludes halogenated alkanes) is 1. The van der Waals surface area contributed by atoms with Crippen LogP contribution in [0.5, 0.6) is 5.75 Å². The lowest BCUT2D eigenvalue weighted by atomic mass is 9.65. The second kappa shape index (κ2) is 11.0. The summed E-state index contributed by atoms with van der Waals surface area (Å²) in [6, 6.07) is 2.77. The van der Waals surface area contributed by atoms with Crippen LogP contribution < -0.4 is 0 Å². The van der Waals surface area contributed by atoms with E-state index in [1.54, 1.807) is 0 Å². The molecular weight excluding hydrogens is 402 g/mol. The summed E-state index contributed by atoms with van der Waals surface area (Å²) in [5.41, 5.74) is 1.22. The molecule has 0 amide bonds. The highest BCUT2D eigenvalue weighted by atomic mass is 19.2. The van der Waals surface area contributed by atoms with Crippen LogP contribution in [0, 0.1) is 41.2 Å². The largest absolute Gasteiger partial charge is 0.505 e. The topological polar surface area (TPSA) is 20.2 Å². The van der Waals surface area contributed by atoms with Crippen LogP contribution >= 0.6 is 0 Å². The Labute approximate surface area is 193 Å². The molecule has 0 spiro atoms. The van der Waals surface area contributed by atoms with Gasteiger partial charge in [0.2, 0.25) is 5.82 Å². The van der Waals surface area contributed by atoms with Gasteiger partial charge in [0.25, 0.3) is 0 Å². The van der Waals surface area contributed by atoms with Gasteiger partial charge in [0.15, 0.2) is 11.6 Å². The van der Waals surface area contributed by atoms with Crippen molar-refractivity contribution in [1.82, 2.24) is 0 Å². The molecule has 32 heavy (non-hydrogen) atoms. The summed E-state index contributed by atoms with van der Waals surface area (Å²) >= 11 is 0. The number of phenolic OH excluding ortho intramolecular Hbond substituents is 1. The maximum absolute atomic E-state index is 14.2. The first-order valence-electron chi connectivity index (χ1n) is 13.0. The van der Waals surface area contributed by atoms with E-state index < -0.39 is 17.4 Å². The van der Waals surface area contributed by atoms with Crippen LogP contribution in [0.2, 0.25) is 0 Å². The number of hydrogen-bond donors (Lipinski definition) is 1. The van der Waals surface area contributed by atoms with Crippen molar-refractivity contribution in [3.05, 3.63) is 48.1 Å². The predicted octanol–water partition coefficient (Wildman–Crippen LogP) is 8.82. The average Bonchev–Trinajstić information content (AvgIpc) is 2.84. The van der Waals surface area contributed by atoms with E-state index in [0.29, 0.717) is 11.5 Å². The van der Waals surface area contributed by atoms with Gasteiger partial charge in [-0.2, -0.15) is 4.39 Å². The Hall–Kier alpha value is -1.64. The normalized spacial score (nSPS) is 31.2. The minimum atomic E-state index is -1.13. The maximum atomic E-state index is 14.2. The Morgan fingerprint density at radius 1 is 0.844 bits per heavy atom.